The molecule has 3 aliphatic heterocycles. The molecule has 1 spiro atoms. The zero-order valence-corrected chi connectivity index (χ0v) is 16.1. The molecule has 0 bridgehead atoms. The lowest BCUT2D eigenvalue weighted by molar-refractivity contribution is -0.193. The van der Waals surface area contributed by atoms with Crippen molar-refractivity contribution in [2.24, 2.45) is 0 Å². The summed E-state index contributed by atoms with van der Waals surface area (Å²) in [6.45, 7) is 1.66. The smallest absolute Gasteiger partial charge is 0.339 e. The first-order valence-electron chi connectivity index (χ1n) is 9.05. The fourth-order valence-corrected chi connectivity index (χ4v) is 3.70. The molecule has 0 radical (unpaired) electrons. The van der Waals surface area contributed by atoms with Crippen LogP contribution >= 0.6 is 0 Å². The number of nitrogens with zero attached hydrogens (tertiary/aromatic N) is 3. The van der Waals surface area contributed by atoms with Crippen LogP contribution in [0.3, 0.4) is 0 Å². The number of urea groups is 1. The first kappa shape index (κ1) is 18.9. The Balaban J connectivity index is 1.93. The fraction of sp³-hybridized carbons (Fsp3) is 0.300. The minimum absolute atomic E-state index is 0.0430. The SMILES string of the molecule is CCOC(=O)C1=CN2C=Cc3ccccc3C2OC12C(=O)N(C)C(=O)N(C)C2=O. The number of amides is 4. The van der Waals surface area contributed by atoms with Crippen molar-refractivity contribution < 1.29 is 28.7 Å². The van der Waals surface area contributed by atoms with Gasteiger partial charge in [0.25, 0.3) is 17.4 Å². The number of esters is 1. The largest absolute Gasteiger partial charge is 0.462 e. The highest BCUT2D eigenvalue weighted by atomic mass is 16.6. The molecule has 0 aliphatic carbocycles. The summed E-state index contributed by atoms with van der Waals surface area (Å²) >= 11 is 0. The summed E-state index contributed by atoms with van der Waals surface area (Å²) in [6.07, 6.45) is 4.07. The summed E-state index contributed by atoms with van der Waals surface area (Å²) in [5, 5.41) is 0. The van der Waals surface area contributed by atoms with Gasteiger partial charge in [0.2, 0.25) is 0 Å². The van der Waals surface area contributed by atoms with Crippen molar-refractivity contribution in [3.8, 4) is 0 Å². The maximum Gasteiger partial charge on any atom is 0.339 e. The van der Waals surface area contributed by atoms with E-state index in [2.05, 4.69) is 0 Å². The highest BCUT2D eigenvalue weighted by Gasteiger charge is 2.64. The van der Waals surface area contributed by atoms with Crippen LogP contribution in [0.1, 0.15) is 24.3 Å². The lowest BCUT2D eigenvalue weighted by Crippen LogP contribution is -2.71. The Bertz CT molecular complexity index is 974. The number of barbiturate groups is 1. The van der Waals surface area contributed by atoms with E-state index in [-0.39, 0.29) is 12.2 Å². The van der Waals surface area contributed by atoms with Gasteiger partial charge in [0.15, 0.2) is 6.23 Å². The lowest BCUT2D eigenvalue weighted by atomic mass is 9.86. The van der Waals surface area contributed by atoms with E-state index in [1.54, 1.807) is 18.0 Å². The lowest BCUT2D eigenvalue weighted by Gasteiger charge is -2.48. The van der Waals surface area contributed by atoms with Crippen LogP contribution in [0.2, 0.25) is 0 Å². The van der Waals surface area contributed by atoms with Crippen molar-refractivity contribution in [3.05, 3.63) is 53.4 Å². The molecule has 0 N–H and O–H groups in total. The first-order valence-corrected chi connectivity index (χ1v) is 9.05. The number of carbonyl (C=O) groups is 4. The highest BCUT2D eigenvalue weighted by Crippen LogP contribution is 2.44. The molecule has 9 heteroatoms. The third-order valence-corrected chi connectivity index (χ3v) is 5.19. The number of benzene rings is 1. The molecule has 3 aliphatic rings. The van der Waals surface area contributed by atoms with Gasteiger partial charge in [-0.15, -0.1) is 0 Å². The molecular weight excluding hydrogens is 378 g/mol. The fourth-order valence-electron chi connectivity index (χ4n) is 3.70. The third-order valence-electron chi connectivity index (χ3n) is 5.19. The normalized spacial score (nSPS) is 22.4. The van der Waals surface area contributed by atoms with E-state index in [1.807, 2.05) is 30.3 Å². The van der Waals surface area contributed by atoms with E-state index in [0.717, 1.165) is 20.9 Å². The summed E-state index contributed by atoms with van der Waals surface area (Å²) in [4.78, 5) is 54.6. The van der Waals surface area contributed by atoms with E-state index in [9.17, 15) is 19.2 Å². The Hall–Kier alpha value is -3.46. The predicted octanol–water partition coefficient (Wildman–Crippen LogP) is 1.24. The van der Waals surface area contributed by atoms with Gasteiger partial charge >= 0.3 is 12.0 Å². The van der Waals surface area contributed by atoms with Gasteiger partial charge < -0.3 is 14.4 Å². The van der Waals surface area contributed by atoms with Gasteiger partial charge in [0, 0.05) is 32.1 Å². The average molecular weight is 397 g/mol. The van der Waals surface area contributed by atoms with Gasteiger partial charge in [-0.1, -0.05) is 24.3 Å². The van der Waals surface area contributed by atoms with Crippen LogP contribution in [-0.2, 0) is 23.9 Å². The number of imide groups is 2. The van der Waals surface area contributed by atoms with Gasteiger partial charge in [0.05, 0.1) is 6.61 Å². The minimum atomic E-state index is -2.32. The molecule has 4 rings (SSSR count). The highest BCUT2D eigenvalue weighted by molar-refractivity contribution is 6.26. The van der Waals surface area contributed by atoms with Gasteiger partial charge in [-0.3, -0.25) is 19.4 Å². The Morgan fingerprint density at radius 1 is 1.14 bits per heavy atom. The predicted molar refractivity (Wildman–Crippen MR) is 99.5 cm³/mol. The number of carbonyl (C=O) groups excluding carboxylic acids is 4. The Labute approximate surface area is 166 Å². The molecule has 1 atom stereocenters. The molecular formula is C20H19N3O6. The minimum Gasteiger partial charge on any atom is -0.462 e. The summed E-state index contributed by atoms with van der Waals surface area (Å²) in [6, 6.07) is 6.54. The summed E-state index contributed by atoms with van der Waals surface area (Å²) < 4.78 is 11.2. The molecule has 3 heterocycles. The molecule has 0 aromatic heterocycles. The molecule has 4 amide bonds. The number of hydrogen-bond donors (Lipinski definition) is 0. The van der Waals surface area contributed by atoms with E-state index >= 15 is 0 Å². The second-order valence-electron chi connectivity index (χ2n) is 6.82. The number of likely N-dealkylation sites (N-methyl/N-ethyl adjacent to an activating group) is 2. The van der Waals surface area contributed by atoms with Gasteiger partial charge in [-0.2, -0.15) is 0 Å². The van der Waals surface area contributed by atoms with Crippen molar-refractivity contribution in [2.75, 3.05) is 20.7 Å². The molecule has 9 nitrogen and oxygen atoms in total. The average Bonchev–Trinajstić information content (AvgIpc) is 2.74. The van der Waals surface area contributed by atoms with Crippen LogP contribution in [-0.4, -0.2) is 64.8 Å². The molecule has 1 aromatic rings. The maximum absolute atomic E-state index is 13.2. The van der Waals surface area contributed by atoms with Crippen molar-refractivity contribution in [1.82, 2.24) is 14.7 Å². The maximum atomic E-state index is 13.2. The number of hydrogen-bond acceptors (Lipinski definition) is 7. The van der Waals surface area contributed by atoms with E-state index in [1.165, 1.54) is 20.3 Å². The van der Waals surface area contributed by atoms with Crippen LogP contribution < -0.4 is 0 Å². The van der Waals surface area contributed by atoms with Crippen molar-refractivity contribution in [1.29, 1.82) is 0 Å². The molecule has 1 aromatic carbocycles. The number of ether oxygens (including phenoxy) is 2. The van der Waals surface area contributed by atoms with Gasteiger partial charge in [0.1, 0.15) is 5.57 Å². The number of rotatable bonds is 2. The Morgan fingerprint density at radius 3 is 2.45 bits per heavy atom. The van der Waals surface area contributed by atoms with Crippen LogP contribution in [0, 0.1) is 0 Å². The van der Waals surface area contributed by atoms with Crippen molar-refractivity contribution >= 4 is 29.9 Å². The first-order chi connectivity index (χ1) is 13.8. The second-order valence-corrected chi connectivity index (χ2v) is 6.82. The molecule has 29 heavy (non-hydrogen) atoms. The van der Waals surface area contributed by atoms with Crippen molar-refractivity contribution in [3.63, 3.8) is 0 Å². The topological polar surface area (TPSA) is 96.5 Å². The molecule has 1 saturated heterocycles. The number of fused-ring (bicyclic) bond motifs is 3. The zero-order valence-electron chi connectivity index (χ0n) is 16.1. The third kappa shape index (κ3) is 2.51. The van der Waals surface area contributed by atoms with E-state index < -0.39 is 35.6 Å². The van der Waals surface area contributed by atoms with Crippen LogP contribution in [0.4, 0.5) is 4.79 Å². The van der Waals surface area contributed by atoms with Crippen LogP contribution in [0.15, 0.2) is 42.2 Å². The quantitative estimate of drug-likeness (QED) is 0.547. The summed E-state index contributed by atoms with van der Waals surface area (Å²) in [7, 11) is 2.48. The molecule has 150 valence electrons. The van der Waals surface area contributed by atoms with Crippen LogP contribution in [0.5, 0.6) is 0 Å². The van der Waals surface area contributed by atoms with Crippen molar-refractivity contribution in [2.45, 2.75) is 18.8 Å². The monoisotopic (exact) mass is 397 g/mol. The molecule has 0 saturated carbocycles. The standard InChI is InChI=1S/C20H19N3O6/c1-4-28-16(24)14-11-23-10-9-12-7-5-6-8-13(12)15(23)29-20(14)17(25)21(2)19(27)22(3)18(20)26/h5-11,15H,4H2,1-3H3. The second kappa shape index (κ2) is 6.56. The molecule has 1 unspecified atom stereocenters. The van der Waals surface area contributed by atoms with Gasteiger partial charge in [-0.25, -0.2) is 9.59 Å². The van der Waals surface area contributed by atoms with E-state index in [4.69, 9.17) is 9.47 Å². The Morgan fingerprint density at radius 2 is 1.79 bits per heavy atom. The Kier molecular flexibility index (Phi) is 4.27. The summed E-state index contributed by atoms with van der Waals surface area (Å²) in [5.74, 6) is -2.73. The molecule has 1 fully saturated rings. The summed E-state index contributed by atoms with van der Waals surface area (Å²) in [5.41, 5.74) is -1.02. The van der Waals surface area contributed by atoms with E-state index in [0.29, 0.717) is 0 Å². The van der Waals surface area contributed by atoms with Gasteiger partial charge in [-0.05, 0) is 18.6 Å². The van der Waals surface area contributed by atoms with Crippen LogP contribution in [0.25, 0.3) is 6.08 Å². The zero-order chi connectivity index (χ0) is 20.9.